The van der Waals surface area contributed by atoms with Gasteiger partial charge in [-0.05, 0) is 60.6 Å². The Kier molecular flexibility index (Phi) is 8.43. The van der Waals surface area contributed by atoms with Crippen LogP contribution in [0.1, 0.15) is 73.9 Å². The number of thiazole rings is 1. The smallest absolute Gasteiger partial charge is 0.417 e. The number of benzene rings is 2. The molecule has 2 aromatic carbocycles. The molecule has 41 heavy (non-hydrogen) atoms. The van der Waals surface area contributed by atoms with E-state index in [9.17, 15) is 30.8 Å². The summed E-state index contributed by atoms with van der Waals surface area (Å²) in [6, 6.07) is 5.58. The number of anilines is 1. The molecular formula is C28H30F4N2O5S2. The van der Waals surface area contributed by atoms with Gasteiger partial charge in [-0.3, -0.25) is 4.72 Å². The van der Waals surface area contributed by atoms with E-state index in [0.717, 1.165) is 61.6 Å². The molecule has 222 valence electrons. The van der Waals surface area contributed by atoms with Crippen LogP contribution in [0.4, 0.5) is 23.2 Å². The second-order valence-corrected chi connectivity index (χ2v) is 13.6. The van der Waals surface area contributed by atoms with Crippen molar-refractivity contribution in [3.63, 3.8) is 0 Å². The van der Waals surface area contributed by atoms with Gasteiger partial charge in [0.2, 0.25) is 0 Å². The number of halogens is 4. The highest BCUT2D eigenvalue weighted by atomic mass is 32.2. The van der Waals surface area contributed by atoms with Gasteiger partial charge in [0.15, 0.2) is 5.03 Å². The normalized spacial score (nSPS) is 18.2. The third-order valence-electron chi connectivity index (χ3n) is 7.53. The second kappa shape index (κ2) is 11.2. The molecule has 0 spiro atoms. The highest BCUT2D eigenvalue weighted by Gasteiger charge is 2.37. The minimum Gasteiger partial charge on any atom is -0.495 e. The fourth-order valence-corrected chi connectivity index (χ4v) is 7.39. The maximum Gasteiger partial charge on any atom is 0.417 e. The van der Waals surface area contributed by atoms with Crippen LogP contribution >= 0.6 is 11.3 Å². The van der Waals surface area contributed by atoms with Crippen molar-refractivity contribution in [3.05, 3.63) is 58.2 Å². The van der Waals surface area contributed by atoms with Gasteiger partial charge >= 0.3 is 12.1 Å². The molecule has 0 saturated heterocycles. The molecule has 0 amide bonds. The Bertz CT molecular complexity index is 1550. The van der Waals surface area contributed by atoms with Gasteiger partial charge < -0.3 is 9.84 Å². The van der Waals surface area contributed by atoms with Crippen LogP contribution in [0, 0.1) is 17.2 Å². The van der Waals surface area contributed by atoms with E-state index in [0.29, 0.717) is 17.5 Å². The zero-order chi connectivity index (χ0) is 30.3. The summed E-state index contributed by atoms with van der Waals surface area (Å²) >= 11 is 0.721. The number of aromatic nitrogens is 1. The highest BCUT2D eigenvalue weighted by molar-refractivity contribution is 7.92. The maximum absolute atomic E-state index is 14.2. The summed E-state index contributed by atoms with van der Waals surface area (Å²) in [5, 5.41) is 9.43. The van der Waals surface area contributed by atoms with Crippen LogP contribution in [0.3, 0.4) is 0 Å². The number of alkyl halides is 3. The predicted octanol–water partition coefficient (Wildman–Crippen LogP) is 7.80. The largest absolute Gasteiger partial charge is 0.495 e. The Labute approximate surface area is 239 Å². The van der Waals surface area contributed by atoms with Gasteiger partial charge in [-0.1, -0.05) is 32.9 Å². The SMILES string of the molecule is COc1cc(C(=O)O)c(F)cc1NS(=O)(=O)c1csc(-c2ccc(C3CCC(C(C)(C)C)CC3)cc2C(F)(F)F)n1. The third kappa shape index (κ3) is 6.66. The van der Waals surface area contributed by atoms with Crippen LogP contribution in [0.25, 0.3) is 10.6 Å². The molecular weight excluding hydrogens is 584 g/mol. The lowest BCUT2D eigenvalue weighted by Crippen LogP contribution is -2.25. The Morgan fingerprint density at radius 2 is 1.76 bits per heavy atom. The number of aromatic carboxylic acids is 1. The van der Waals surface area contributed by atoms with E-state index in [2.05, 4.69) is 30.5 Å². The molecule has 1 aliphatic rings. The summed E-state index contributed by atoms with van der Waals surface area (Å²) in [5.74, 6) is -2.55. The molecule has 13 heteroatoms. The molecule has 7 nitrogen and oxygen atoms in total. The lowest BCUT2D eigenvalue weighted by atomic mass is 9.68. The molecule has 3 aromatic rings. The van der Waals surface area contributed by atoms with Crippen molar-refractivity contribution >= 4 is 33.0 Å². The minimum absolute atomic E-state index is 0.00285. The number of methoxy groups -OCH3 is 1. The standard InChI is InChI=1S/C28H30F4N2O5S2/c1-27(2,3)17-8-5-15(6-9-17)16-7-10-18(20(11-16)28(30,31)32)25-33-24(14-40-25)41(37,38)34-22-13-21(29)19(26(35)36)12-23(22)39-4/h7,10-15,17,34H,5-6,8-9H2,1-4H3,(H,35,36). The van der Waals surface area contributed by atoms with E-state index in [-0.39, 0.29) is 27.7 Å². The maximum atomic E-state index is 14.2. The fraction of sp³-hybridized carbons (Fsp3) is 0.429. The van der Waals surface area contributed by atoms with Crippen molar-refractivity contribution < 1.29 is 40.6 Å². The first-order valence-electron chi connectivity index (χ1n) is 12.8. The van der Waals surface area contributed by atoms with Gasteiger partial charge in [-0.2, -0.15) is 21.6 Å². The quantitative estimate of drug-likeness (QED) is 0.263. The Hall–Kier alpha value is -3.19. The number of ether oxygens (including phenoxy) is 1. The number of carboxylic acids is 1. The predicted molar refractivity (Wildman–Crippen MR) is 147 cm³/mol. The van der Waals surface area contributed by atoms with Crippen LogP contribution in [0.2, 0.25) is 0 Å². The van der Waals surface area contributed by atoms with E-state index in [1.165, 1.54) is 6.07 Å². The van der Waals surface area contributed by atoms with Crippen LogP contribution in [0.5, 0.6) is 5.75 Å². The van der Waals surface area contributed by atoms with Crippen molar-refractivity contribution in [2.45, 2.75) is 63.6 Å². The van der Waals surface area contributed by atoms with E-state index in [1.54, 1.807) is 6.07 Å². The first-order valence-corrected chi connectivity index (χ1v) is 15.2. The summed E-state index contributed by atoms with van der Waals surface area (Å²) in [6.07, 6.45) is -1.24. The molecule has 1 saturated carbocycles. The van der Waals surface area contributed by atoms with Gasteiger partial charge in [0.05, 0.1) is 23.9 Å². The molecule has 1 heterocycles. The van der Waals surface area contributed by atoms with Crippen LogP contribution in [0.15, 0.2) is 40.7 Å². The summed E-state index contributed by atoms with van der Waals surface area (Å²) in [4.78, 5) is 15.1. The van der Waals surface area contributed by atoms with Crippen LogP contribution < -0.4 is 9.46 Å². The van der Waals surface area contributed by atoms with E-state index in [1.807, 2.05) is 0 Å². The first kappa shape index (κ1) is 30.8. The van der Waals surface area contributed by atoms with E-state index in [4.69, 9.17) is 9.84 Å². The van der Waals surface area contributed by atoms with Gasteiger partial charge in [-0.25, -0.2) is 14.2 Å². The molecule has 1 aromatic heterocycles. The molecule has 0 bridgehead atoms. The van der Waals surface area contributed by atoms with E-state index < -0.39 is 49.8 Å². The highest BCUT2D eigenvalue weighted by Crippen LogP contribution is 2.46. The van der Waals surface area contributed by atoms with Crippen molar-refractivity contribution in [1.82, 2.24) is 4.98 Å². The number of hydrogen-bond donors (Lipinski definition) is 2. The minimum atomic E-state index is -4.70. The lowest BCUT2D eigenvalue weighted by Gasteiger charge is -2.37. The van der Waals surface area contributed by atoms with Crippen molar-refractivity contribution in [2.24, 2.45) is 11.3 Å². The average Bonchev–Trinajstić information content (AvgIpc) is 3.39. The number of hydrogen-bond acceptors (Lipinski definition) is 6. The topological polar surface area (TPSA) is 106 Å². The van der Waals surface area contributed by atoms with Gasteiger partial charge in [0.25, 0.3) is 10.0 Å². The average molecular weight is 615 g/mol. The van der Waals surface area contributed by atoms with E-state index >= 15 is 0 Å². The number of carbonyl (C=O) groups is 1. The summed E-state index contributed by atoms with van der Waals surface area (Å²) in [5.41, 5.74) is -1.53. The molecule has 4 rings (SSSR count). The second-order valence-electron chi connectivity index (χ2n) is 11.2. The summed E-state index contributed by atoms with van der Waals surface area (Å²) in [6.45, 7) is 6.53. The van der Waals surface area contributed by atoms with Gasteiger partial charge in [0, 0.05) is 17.0 Å². The molecule has 0 radical (unpaired) electrons. The number of carboxylic acid groups (broad SMARTS) is 1. The fourth-order valence-electron chi connectivity index (χ4n) is 5.20. The summed E-state index contributed by atoms with van der Waals surface area (Å²) in [7, 11) is -3.36. The van der Waals surface area contributed by atoms with Crippen molar-refractivity contribution in [1.29, 1.82) is 0 Å². The molecule has 0 atom stereocenters. The molecule has 0 aliphatic heterocycles. The van der Waals surface area contributed by atoms with Crippen molar-refractivity contribution in [2.75, 3.05) is 11.8 Å². The summed E-state index contributed by atoms with van der Waals surface area (Å²) < 4.78 is 89.9. The Morgan fingerprint density at radius 3 is 2.32 bits per heavy atom. The molecule has 1 aliphatic carbocycles. The van der Waals surface area contributed by atoms with Crippen LogP contribution in [-0.4, -0.2) is 31.6 Å². The van der Waals surface area contributed by atoms with Crippen molar-refractivity contribution in [3.8, 4) is 16.3 Å². The lowest BCUT2D eigenvalue weighted by molar-refractivity contribution is -0.137. The van der Waals surface area contributed by atoms with Crippen LogP contribution in [-0.2, 0) is 16.2 Å². The first-order chi connectivity index (χ1) is 19.0. The molecule has 1 fully saturated rings. The third-order valence-corrected chi connectivity index (χ3v) is 9.80. The Morgan fingerprint density at radius 1 is 1.10 bits per heavy atom. The monoisotopic (exact) mass is 614 g/mol. The molecule has 2 N–H and O–H groups in total. The molecule has 0 unspecified atom stereocenters. The van der Waals surface area contributed by atoms with Gasteiger partial charge in [0.1, 0.15) is 16.6 Å². The zero-order valence-corrected chi connectivity index (χ0v) is 24.4. The van der Waals surface area contributed by atoms with Gasteiger partial charge in [-0.15, -0.1) is 11.3 Å². The number of nitrogens with zero attached hydrogens (tertiary/aromatic N) is 1. The zero-order valence-electron chi connectivity index (χ0n) is 22.8. The number of rotatable bonds is 7. The number of nitrogens with one attached hydrogen (secondary N) is 1. The Balaban J connectivity index is 1.63. The number of sulfonamides is 1.